The molecule has 0 atom stereocenters. The fraction of sp³-hybridized carbons (Fsp3) is 0.273. The lowest BCUT2D eigenvalue weighted by molar-refractivity contribution is 0.199. The summed E-state index contributed by atoms with van der Waals surface area (Å²) in [5.41, 5.74) is 3.68. The molecule has 0 unspecified atom stereocenters. The standard InChI is InChI=1S/C22H24ClN3O3/c1-14-8-9-16-12-17(21(28)25-20(16)15(14)2)13-26(10-5-11-27)22(29)24-19-7-4-3-6-18(19)23/h3-4,6-9,12,27H,5,10-11,13H2,1-2H3,(H,24,29)(H,25,28). The van der Waals surface area contributed by atoms with E-state index in [2.05, 4.69) is 10.3 Å². The van der Waals surface area contributed by atoms with Crippen LogP contribution in [-0.4, -0.2) is 34.2 Å². The molecule has 0 aliphatic carbocycles. The van der Waals surface area contributed by atoms with E-state index in [1.807, 2.05) is 32.0 Å². The molecule has 0 saturated heterocycles. The van der Waals surface area contributed by atoms with E-state index in [0.29, 0.717) is 29.2 Å². The molecule has 0 fully saturated rings. The summed E-state index contributed by atoms with van der Waals surface area (Å²) in [5, 5.41) is 13.3. The van der Waals surface area contributed by atoms with Gasteiger partial charge in [-0.1, -0.05) is 35.9 Å². The smallest absolute Gasteiger partial charge is 0.322 e. The van der Waals surface area contributed by atoms with Gasteiger partial charge in [0.1, 0.15) is 0 Å². The van der Waals surface area contributed by atoms with Gasteiger partial charge in [-0.2, -0.15) is 0 Å². The van der Waals surface area contributed by atoms with Crippen molar-refractivity contribution < 1.29 is 9.90 Å². The van der Waals surface area contributed by atoms with Crippen molar-refractivity contribution >= 4 is 34.2 Å². The summed E-state index contributed by atoms with van der Waals surface area (Å²) < 4.78 is 0. The lowest BCUT2D eigenvalue weighted by Crippen LogP contribution is -2.37. The molecule has 0 radical (unpaired) electrons. The molecule has 3 aromatic rings. The minimum Gasteiger partial charge on any atom is -0.396 e. The first kappa shape index (κ1) is 20.9. The Hall–Kier alpha value is -2.83. The number of halogens is 1. The fourth-order valence-corrected chi connectivity index (χ4v) is 3.35. The molecule has 3 N–H and O–H groups in total. The molecule has 1 aromatic heterocycles. The van der Waals surface area contributed by atoms with Gasteiger partial charge in [-0.25, -0.2) is 4.79 Å². The number of carbonyl (C=O) groups excluding carboxylic acids is 1. The molecule has 0 saturated carbocycles. The van der Waals surface area contributed by atoms with Gasteiger partial charge in [-0.15, -0.1) is 0 Å². The number of aryl methyl sites for hydroxylation is 2. The van der Waals surface area contributed by atoms with Crippen molar-refractivity contribution in [3.05, 3.63) is 74.5 Å². The van der Waals surface area contributed by atoms with Crippen LogP contribution in [0, 0.1) is 13.8 Å². The fourth-order valence-electron chi connectivity index (χ4n) is 3.16. The number of hydrogen-bond donors (Lipinski definition) is 3. The number of benzene rings is 2. The van der Waals surface area contributed by atoms with Crippen molar-refractivity contribution in [1.82, 2.24) is 9.88 Å². The molecular weight excluding hydrogens is 390 g/mol. The Morgan fingerprint density at radius 2 is 1.97 bits per heavy atom. The second kappa shape index (κ2) is 9.11. The Kier molecular flexibility index (Phi) is 6.56. The van der Waals surface area contributed by atoms with Gasteiger partial charge in [0.25, 0.3) is 5.56 Å². The van der Waals surface area contributed by atoms with Crippen LogP contribution in [0.15, 0.2) is 47.3 Å². The molecule has 2 amide bonds. The molecule has 7 heteroatoms. The maximum atomic E-state index is 12.8. The average Bonchev–Trinajstić information content (AvgIpc) is 2.70. The topological polar surface area (TPSA) is 85.4 Å². The van der Waals surface area contributed by atoms with Crippen molar-refractivity contribution in [3.8, 4) is 0 Å². The summed E-state index contributed by atoms with van der Waals surface area (Å²) >= 11 is 6.13. The number of hydrogen-bond acceptors (Lipinski definition) is 3. The number of aromatic nitrogens is 1. The maximum Gasteiger partial charge on any atom is 0.322 e. The Labute approximate surface area is 174 Å². The van der Waals surface area contributed by atoms with Gasteiger partial charge in [-0.3, -0.25) is 4.79 Å². The van der Waals surface area contributed by atoms with Crippen LogP contribution in [-0.2, 0) is 6.54 Å². The average molecular weight is 414 g/mol. The van der Waals surface area contributed by atoms with E-state index in [-0.39, 0.29) is 24.7 Å². The normalized spacial score (nSPS) is 10.9. The molecule has 0 spiro atoms. The van der Waals surface area contributed by atoms with Crippen molar-refractivity contribution in [2.45, 2.75) is 26.8 Å². The van der Waals surface area contributed by atoms with Gasteiger partial charge in [0.2, 0.25) is 0 Å². The molecule has 1 heterocycles. The van der Waals surface area contributed by atoms with Crippen molar-refractivity contribution in [1.29, 1.82) is 0 Å². The molecule has 152 valence electrons. The lowest BCUT2D eigenvalue weighted by Gasteiger charge is -2.23. The highest BCUT2D eigenvalue weighted by Gasteiger charge is 2.17. The summed E-state index contributed by atoms with van der Waals surface area (Å²) in [6.07, 6.45) is 0.403. The zero-order valence-electron chi connectivity index (χ0n) is 16.5. The van der Waals surface area contributed by atoms with Gasteiger partial charge in [0.15, 0.2) is 0 Å². The number of amides is 2. The minimum absolute atomic E-state index is 0.0532. The van der Waals surface area contributed by atoms with E-state index in [1.54, 1.807) is 24.3 Å². The van der Waals surface area contributed by atoms with E-state index < -0.39 is 0 Å². The summed E-state index contributed by atoms with van der Waals surface area (Å²) in [6, 6.07) is 12.3. The number of H-pyrrole nitrogens is 1. The van der Waals surface area contributed by atoms with Crippen LogP contribution >= 0.6 is 11.6 Å². The van der Waals surface area contributed by atoms with E-state index in [4.69, 9.17) is 11.6 Å². The third kappa shape index (κ3) is 4.78. The number of nitrogens with one attached hydrogen (secondary N) is 2. The molecule has 3 rings (SSSR count). The summed E-state index contributed by atoms with van der Waals surface area (Å²) in [4.78, 5) is 29.9. The number of aliphatic hydroxyl groups excluding tert-OH is 1. The van der Waals surface area contributed by atoms with Crippen molar-refractivity contribution in [3.63, 3.8) is 0 Å². The van der Waals surface area contributed by atoms with Crippen LogP contribution < -0.4 is 10.9 Å². The number of fused-ring (bicyclic) bond motifs is 1. The molecule has 2 aromatic carbocycles. The second-order valence-electron chi connectivity index (χ2n) is 7.00. The predicted octanol–water partition coefficient (Wildman–Crippen LogP) is 4.21. The molecule has 29 heavy (non-hydrogen) atoms. The van der Waals surface area contributed by atoms with Gasteiger partial charge >= 0.3 is 6.03 Å². The number of anilines is 1. The number of aromatic amines is 1. The second-order valence-corrected chi connectivity index (χ2v) is 7.41. The van der Waals surface area contributed by atoms with Crippen LogP contribution in [0.5, 0.6) is 0 Å². The SMILES string of the molecule is Cc1ccc2cc(CN(CCCO)C(=O)Nc3ccccc3Cl)c(=O)[nH]c2c1C. The number of carbonyl (C=O) groups is 1. The van der Waals surface area contributed by atoms with E-state index in [0.717, 1.165) is 22.0 Å². The molecule has 0 aliphatic heterocycles. The highest BCUT2D eigenvalue weighted by atomic mass is 35.5. The summed E-state index contributed by atoms with van der Waals surface area (Å²) in [5.74, 6) is 0. The summed E-state index contributed by atoms with van der Waals surface area (Å²) in [7, 11) is 0. The number of urea groups is 1. The first-order chi connectivity index (χ1) is 13.9. The van der Waals surface area contributed by atoms with Crippen LogP contribution in [0.2, 0.25) is 5.02 Å². The first-order valence-electron chi connectivity index (χ1n) is 9.44. The zero-order valence-corrected chi connectivity index (χ0v) is 17.2. The Morgan fingerprint density at radius 1 is 1.21 bits per heavy atom. The molecule has 6 nitrogen and oxygen atoms in total. The van der Waals surface area contributed by atoms with E-state index in [1.165, 1.54) is 4.90 Å². The third-order valence-electron chi connectivity index (χ3n) is 4.98. The first-order valence-corrected chi connectivity index (χ1v) is 9.82. The maximum absolute atomic E-state index is 12.8. The highest BCUT2D eigenvalue weighted by molar-refractivity contribution is 6.33. The largest absolute Gasteiger partial charge is 0.396 e. The lowest BCUT2D eigenvalue weighted by atomic mass is 10.0. The van der Waals surface area contributed by atoms with E-state index >= 15 is 0 Å². The molecule has 0 aliphatic rings. The Morgan fingerprint density at radius 3 is 2.69 bits per heavy atom. The van der Waals surface area contributed by atoms with Crippen LogP contribution in [0.4, 0.5) is 10.5 Å². The van der Waals surface area contributed by atoms with Gasteiger partial charge in [0, 0.05) is 18.7 Å². The van der Waals surface area contributed by atoms with E-state index in [9.17, 15) is 14.7 Å². The number of para-hydroxylation sites is 1. The van der Waals surface area contributed by atoms with Crippen LogP contribution in [0.1, 0.15) is 23.1 Å². The van der Waals surface area contributed by atoms with Crippen molar-refractivity contribution in [2.75, 3.05) is 18.5 Å². The molecule has 0 bridgehead atoms. The number of rotatable bonds is 6. The summed E-state index contributed by atoms with van der Waals surface area (Å²) in [6.45, 7) is 4.34. The quantitative estimate of drug-likeness (QED) is 0.565. The van der Waals surface area contributed by atoms with Crippen molar-refractivity contribution in [2.24, 2.45) is 0 Å². The third-order valence-corrected chi connectivity index (χ3v) is 5.31. The highest BCUT2D eigenvalue weighted by Crippen LogP contribution is 2.22. The van der Waals surface area contributed by atoms with Gasteiger partial charge in [-0.05, 0) is 55.0 Å². The van der Waals surface area contributed by atoms with Gasteiger partial charge in [0.05, 0.1) is 22.8 Å². The minimum atomic E-state index is -0.383. The Bertz CT molecular complexity index is 1090. The van der Waals surface area contributed by atoms with Crippen LogP contribution in [0.25, 0.3) is 10.9 Å². The predicted molar refractivity (Wildman–Crippen MR) is 117 cm³/mol. The number of pyridine rings is 1. The number of aliphatic hydroxyl groups is 1. The monoisotopic (exact) mass is 413 g/mol. The zero-order chi connectivity index (χ0) is 21.0. The number of nitrogens with zero attached hydrogens (tertiary/aromatic N) is 1. The molecular formula is C22H24ClN3O3. The Balaban J connectivity index is 1.89. The van der Waals surface area contributed by atoms with Gasteiger partial charge < -0.3 is 20.3 Å². The van der Waals surface area contributed by atoms with Crippen LogP contribution in [0.3, 0.4) is 0 Å².